The lowest BCUT2D eigenvalue weighted by Crippen LogP contribution is -2.35. The van der Waals surface area contributed by atoms with Crippen molar-refractivity contribution in [2.75, 3.05) is 13.1 Å². The SMILES string of the molecule is O=S(=O)(NCCNS(=O)(=O)c1cccc2cccnc12)c1cccc2cccnc12. The number of nitrogens with zero attached hydrogens (tertiary/aromatic N) is 2. The van der Waals surface area contributed by atoms with Gasteiger partial charge in [0.15, 0.2) is 0 Å². The van der Waals surface area contributed by atoms with E-state index in [9.17, 15) is 16.8 Å². The van der Waals surface area contributed by atoms with Crippen molar-refractivity contribution in [2.45, 2.75) is 9.79 Å². The quantitative estimate of drug-likeness (QED) is 0.423. The van der Waals surface area contributed by atoms with Gasteiger partial charge >= 0.3 is 0 Å². The van der Waals surface area contributed by atoms with Crippen LogP contribution in [0.3, 0.4) is 0 Å². The number of benzene rings is 2. The number of hydrogen-bond donors (Lipinski definition) is 2. The van der Waals surface area contributed by atoms with Crippen LogP contribution >= 0.6 is 0 Å². The van der Waals surface area contributed by atoms with Crippen LogP contribution in [0.15, 0.2) is 82.8 Å². The lowest BCUT2D eigenvalue weighted by atomic mass is 10.2. The van der Waals surface area contributed by atoms with E-state index in [4.69, 9.17) is 0 Å². The minimum atomic E-state index is -3.86. The molecular weight excluding hydrogens is 424 g/mol. The monoisotopic (exact) mass is 442 g/mol. The lowest BCUT2D eigenvalue weighted by molar-refractivity contribution is 0.571. The van der Waals surface area contributed by atoms with Crippen LogP contribution in [0.5, 0.6) is 0 Å². The third-order valence-corrected chi connectivity index (χ3v) is 7.46. The predicted octanol–water partition coefficient (Wildman–Crippen LogP) is 2.04. The second kappa shape index (κ2) is 8.07. The number of fused-ring (bicyclic) bond motifs is 2. The molecule has 0 saturated heterocycles. The number of nitrogens with one attached hydrogen (secondary N) is 2. The molecule has 0 bridgehead atoms. The van der Waals surface area contributed by atoms with Gasteiger partial charge in [0.2, 0.25) is 20.0 Å². The van der Waals surface area contributed by atoms with E-state index in [2.05, 4.69) is 19.4 Å². The van der Waals surface area contributed by atoms with Gasteiger partial charge in [-0.2, -0.15) is 0 Å². The highest BCUT2D eigenvalue weighted by atomic mass is 32.2. The van der Waals surface area contributed by atoms with Gasteiger partial charge in [-0.25, -0.2) is 26.3 Å². The Morgan fingerprint density at radius 2 is 1.00 bits per heavy atom. The normalized spacial score (nSPS) is 12.4. The molecule has 10 heteroatoms. The van der Waals surface area contributed by atoms with Crippen LogP contribution in [0, 0.1) is 0 Å². The maximum Gasteiger partial charge on any atom is 0.242 e. The minimum Gasteiger partial charge on any atom is -0.255 e. The summed E-state index contributed by atoms with van der Waals surface area (Å²) in [5.74, 6) is 0. The van der Waals surface area contributed by atoms with Crippen LogP contribution in [0.4, 0.5) is 0 Å². The zero-order valence-electron chi connectivity index (χ0n) is 15.7. The summed E-state index contributed by atoms with van der Waals surface area (Å²) in [7, 11) is -7.73. The molecule has 2 aromatic carbocycles. The molecule has 4 aromatic rings. The fourth-order valence-corrected chi connectivity index (χ4v) is 5.53. The van der Waals surface area contributed by atoms with Gasteiger partial charge in [0.05, 0.1) is 11.0 Å². The Morgan fingerprint density at radius 3 is 1.43 bits per heavy atom. The molecule has 0 atom stereocenters. The van der Waals surface area contributed by atoms with Crippen LogP contribution < -0.4 is 9.44 Å². The van der Waals surface area contributed by atoms with Crippen molar-refractivity contribution in [3.05, 3.63) is 73.1 Å². The van der Waals surface area contributed by atoms with Crippen LogP contribution in [-0.4, -0.2) is 39.9 Å². The van der Waals surface area contributed by atoms with Crippen molar-refractivity contribution in [3.8, 4) is 0 Å². The number of aromatic nitrogens is 2. The number of rotatable bonds is 7. The van der Waals surface area contributed by atoms with Crippen molar-refractivity contribution >= 4 is 41.9 Å². The second-order valence-electron chi connectivity index (χ2n) is 6.46. The number of sulfonamides is 2. The molecule has 0 unspecified atom stereocenters. The zero-order valence-corrected chi connectivity index (χ0v) is 17.3. The smallest absolute Gasteiger partial charge is 0.242 e. The third kappa shape index (κ3) is 4.03. The summed E-state index contributed by atoms with van der Waals surface area (Å²) in [6.45, 7) is -0.244. The Hall–Kier alpha value is -2.92. The summed E-state index contributed by atoms with van der Waals surface area (Å²) < 4.78 is 55.5. The van der Waals surface area contributed by atoms with Gasteiger partial charge in [-0.3, -0.25) is 9.97 Å². The first-order valence-corrected chi connectivity index (χ1v) is 12.0. The Balaban J connectivity index is 1.48. The van der Waals surface area contributed by atoms with E-state index in [-0.39, 0.29) is 22.9 Å². The fourth-order valence-electron chi connectivity index (χ4n) is 3.11. The molecule has 8 nitrogen and oxygen atoms in total. The summed E-state index contributed by atoms with van der Waals surface area (Å²) in [6, 6.07) is 16.7. The molecule has 2 N–H and O–H groups in total. The van der Waals surface area contributed by atoms with Gasteiger partial charge in [-0.15, -0.1) is 0 Å². The first-order chi connectivity index (χ1) is 14.4. The van der Waals surface area contributed by atoms with Crippen LogP contribution in [0.1, 0.15) is 0 Å². The predicted molar refractivity (Wildman–Crippen MR) is 114 cm³/mol. The third-order valence-electron chi connectivity index (χ3n) is 4.48. The molecule has 30 heavy (non-hydrogen) atoms. The van der Waals surface area contributed by atoms with E-state index in [1.165, 1.54) is 24.5 Å². The Morgan fingerprint density at radius 1 is 0.600 bits per heavy atom. The van der Waals surface area contributed by atoms with Crippen molar-refractivity contribution in [1.82, 2.24) is 19.4 Å². The highest BCUT2D eigenvalue weighted by molar-refractivity contribution is 7.90. The molecule has 0 saturated carbocycles. The van der Waals surface area contributed by atoms with Gasteiger partial charge in [0, 0.05) is 36.3 Å². The summed E-state index contributed by atoms with van der Waals surface area (Å²) in [5, 5.41) is 1.40. The molecule has 2 heterocycles. The zero-order chi connectivity index (χ0) is 21.2. The molecular formula is C20H18N4O4S2. The Labute approximate surface area is 174 Å². The first-order valence-electron chi connectivity index (χ1n) is 9.05. The maximum absolute atomic E-state index is 12.7. The van der Waals surface area contributed by atoms with Crippen LogP contribution in [0.25, 0.3) is 21.8 Å². The van der Waals surface area contributed by atoms with Crippen molar-refractivity contribution in [2.24, 2.45) is 0 Å². The molecule has 0 amide bonds. The minimum absolute atomic E-state index is 0.0433. The highest BCUT2D eigenvalue weighted by Gasteiger charge is 2.20. The van der Waals surface area contributed by atoms with Crippen molar-refractivity contribution in [3.63, 3.8) is 0 Å². The molecule has 0 aliphatic carbocycles. The van der Waals surface area contributed by atoms with E-state index in [0.29, 0.717) is 21.8 Å². The molecule has 2 aromatic heterocycles. The standard InChI is InChI=1S/C20H18N4O4S2/c25-29(26,17-9-1-5-15-7-3-11-21-19(15)17)23-13-14-24-30(27,28)18-10-2-6-16-8-4-12-22-20(16)18/h1-12,23-24H,13-14H2. The van der Waals surface area contributed by atoms with Crippen molar-refractivity contribution < 1.29 is 16.8 Å². The van der Waals surface area contributed by atoms with Crippen LogP contribution in [-0.2, 0) is 20.0 Å². The summed E-state index contributed by atoms with van der Waals surface area (Å²) in [6.07, 6.45) is 3.04. The second-order valence-corrected chi connectivity index (χ2v) is 9.93. The maximum atomic E-state index is 12.7. The molecule has 0 aliphatic rings. The summed E-state index contributed by atoms with van der Waals surface area (Å²) >= 11 is 0. The average Bonchev–Trinajstić information content (AvgIpc) is 2.76. The molecule has 0 fully saturated rings. The molecule has 154 valence electrons. The molecule has 0 radical (unpaired) electrons. The van der Waals surface area contributed by atoms with Gasteiger partial charge in [0.25, 0.3) is 0 Å². The van der Waals surface area contributed by atoms with Gasteiger partial charge in [0.1, 0.15) is 9.79 Å². The number of para-hydroxylation sites is 2. The highest BCUT2D eigenvalue weighted by Crippen LogP contribution is 2.21. The van der Waals surface area contributed by atoms with Crippen LogP contribution in [0.2, 0.25) is 0 Å². The van der Waals surface area contributed by atoms with Gasteiger partial charge < -0.3 is 0 Å². The van der Waals surface area contributed by atoms with Gasteiger partial charge in [-0.05, 0) is 24.3 Å². The topological polar surface area (TPSA) is 118 Å². The Bertz CT molecular complexity index is 1320. The van der Waals surface area contributed by atoms with E-state index in [1.54, 1.807) is 48.5 Å². The fraction of sp³-hybridized carbons (Fsp3) is 0.100. The summed E-state index contributed by atoms with van der Waals surface area (Å²) in [4.78, 5) is 8.38. The number of pyridine rings is 2. The average molecular weight is 443 g/mol. The van der Waals surface area contributed by atoms with Crippen molar-refractivity contribution in [1.29, 1.82) is 0 Å². The van der Waals surface area contributed by atoms with E-state index in [1.807, 2.05) is 0 Å². The van der Waals surface area contributed by atoms with E-state index < -0.39 is 20.0 Å². The molecule has 4 rings (SSSR count). The Kier molecular flexibility index (Phi) is 5.48. The van der Waals surface area contributed by atoms with E-state index >= 15 is 0 Å². The van der Waals surface area contributed by atoms with E-state index in [0.717, 1.165) is 0 Å². The largest absolute Gasteiger partial charge is 0.255 e. The van der Waals surface area contributed by atoms with Gasteiger partial charge in [-0.1, -0.05) is 36.4 Å². The lowest BCUT2D eigenvalue weighted by Gasteiger charge is -2.11. The summed E-state index contributed by atoms with van der Waals surface area (Å²) in [5.41, 5.74) is 0.713. The molecule has 0 spiro atoms. The molecule has 0 aliphatic heterocycles. The first kappa shape index (κ1) is 20.4. The number of hydrogen-bond acceptors (Lipinski definition) is 6.